The third-order valence-corrected chi connectivity index (χ3v) is 6.71. The largest absolute Gasteiger partial charge is 0.495 e. The van der Waals surface area contributed by atoms with E-state index in [4.69, 9.17) is 4.74 Å². The van der Waals surface area contributed by atoms with Gasteiger partial charge < -0.3 is 10.1 Å². The van der Waals surface area contributed by atoms with Crippen LogP contribution < -0.4 is 10.1 Å². The normalized spacial score (nSPS) is 17.3. The molecule has 0 radical (unpaired) electrons. The van der Waals surface area contributed by atoms with Crippen LogP contribution in [0.2, 0.25) is 0 Å². The van der Waals surface area contributed by atoms with Crippen molar-refractivity contribution in [3.63, 3.8) is 0 Å². The van der Waals surface area contributed by atoms with Gasteiger partial charge in [-0.15, -0.1) is 0 Å². The summed E-state index contributed by atoms with van der Waals surface area (Å²) in [5.41, 5.74) is 0.0832. The van der Waals surface area contributed by atoms with Gasteiger partial charge in [-0.25, -0.2) is 12.8 Å². The Kier molecular flexibility index (Phi) is 6.32. The number of sulfonamides is 1. The number of anilines is 1. The van der Waals surface area contributed by atoms with Gasteiger partial charge in [-0.2, -0.15) is 4.31 Å². The van der Waals surface area contributed by atoms with E-state index in [2.05, 4.69) is 5.32 Å². The summed E-state index contributed by atoms with van der Waals surface area (Å²) in [6.45, 7) is 0.0886. The molecular formula is C19H20FN3O6S. The Hall–Kier alpha value is -3.05. The lowest BCUT2D eigenvalue weighted by atomic mass is 9.98. The number of nitro groups is 1. The monoisotopic (exact) mass is 437 g/mol. The van der Waals surface area contributed by atoms with Gasteiger partial charge in [0.05, 0.1) is 18.0 Å². The van der Waals surface area contributed by atoms with Crippen LogP contribution in [0.5, 0.6) is 5.75 Å². The number of hydrogen-bond acceptors (Lipinski definition) is 6. The Balaban J connectivity index is 1.78. The number of nitrogens with one attached hydrogen (secondary N) is 1. The molecule has 0 unspecified atom stereocenters. The van der Waals surface area contributed by atoms with Gasteiger partial charge in [0.1, 0.15) is 16.5 Å². The van der Waals surface area contributed by atoms with Gasteiger partial charge in [-0.05, 0) is 37.1 Å². The summed E-state index contributed by atoms with van der Waals surface area (Å²) in [7, 11) is -2.80. The molecule has 0 saturated carbocycles. The van der Waals surface area contributed by atoms with Crippen molar-refractivity contribution in [3.8, 4) is 5.75 Å². The first kappa shape index (κ1) is 21.7. The van der Waals surface area contributed by atoms with Gasteiger partial charge in [0.25, 0.3) is 5.69 Å². The lowest BCUT2D eigenvalue weighted by Crippen LogP contribution is -2.43. The minimum Gasteiger partial charge on any atom is -0.495 e. The van der Waals surface area contributed by atoms with Crippen molar-refractivity contribution in [1.82, 2.24) is 4.31 Å². The van der Waals surface area contributed by atoms with E-state index in [-0.39, 0.29) is 35.1 Å². The molecule has 9 nitrogen and oxygen atoms in total. The minimum absolute atomic E-state index is 0.0135. The Labute approximate surface area is 172 Å². The van der Waals surface area contributed by atoms with Crippen LogP contribution in [-0.4, -0.2) is 43.8 Å². The summed E-state index contributed by atoms with van der Waals surface area (Å²) in [4.78, 5) is 22.7. The quantitative estimate of drug-likeness (QED) is 0.548. The van der Waals surface area contributed by atoms with Crippen LogP contribution >= 0.6 is 0 Å². The van der Waals surface area contributed by atoms with Crippen molar-refractivity contribution in [1.29, 1.82) is 0 Å². The van der Waals surface area contributed by atoms with E-state index in [0.717, 1.165) is 16.4 Å². The standard InChI is InChI=1S/C19H20FN3O6S/c1-29-17-8-7-14(20)10-18(17)30(27,28)22-9-3-4-13(12-22)19(24)21-15-5-2-6-16(11-15)23(25)26/h2,5-8,10-11,13H,3-4,9,12H2,1H3,(H,21,24)/t13-/m1/s1. The molecule has 2 aromatic rings. The van der Waals surface area contributed by atoms with Gasteiger partial charge in [0.2, 0.25) is 15.9 Å². The molecule has 160 valence electrons. The molecule has 3 rings (SSSR count). The maximum absolute atomic E-state index is 13.7. The molecule has 1 amide bonds. The van der Waals surface area contributed by atoms with Crippen LogP contribution in [0, 0.1) is 21.8 Å². The highest BCUT2D eigenvalue weighted by molar-refractivity contribution is 7.89. The first-order valence-corrected chi connectivity index (χ1v) is 10.6. The van der Waals surface area contributed by atoms with E-state index in [1.807, 2.05) is 0 Å². The number of rotatable bonds is 6. The second-order valence-electron chi connectivity index (χ2n) is 6.79. The van der Waals surface area contributed by atoms with Crippen LogP contribution in [0.25, 0.3) is 0 Å². The van der Waals surface area contributed by atoms with E-state index < -0.39 is 32.6 Å². The number of ether oxygens (including phenoxy) is 1. The van der Waals surface area contributed by atoms with Crippen molar-refractivity contribution >= 4 is 27.3 Å². The second-order valence-corrected chi connectivity index (χ2v) is 8.70. The molecule has 0 bridgehead atoms. The molecule has 1 N–H and O–H groups in total. The number of amides is 1. The zero-order chi connectivity index (χ0) is 21.9. The highest BCUT2D eigenvalue weighted by Gasteiger charge is 2.35. The van der Waals surface area contributed by atoms with Gasteiger partial charge >= 0.3 is 0 Å². The van der Waals surface area contributed by atoms with Gasteiger partial charge in [0.15, 0.2) is 0 Å². The number of non-ortho nitro benzene ring substituents is 1. The summed E-state index contributed by atoms with van der Waals surface area (Å²) < 4.78 is 45.9. The van der Waals surface area contributed by atoms with E-state index in [1.54, 1.807) is 0 Å². The number of methoxy groups -OCH3 is 1. The fourth-order valence-corrected chi connectivity index (χ4v) is 5.00. The van der Waals surface area contributed by atoms with Gasteiger partial charge in [-0.3, -0.25) is 14.9 Å². The first-order chi connectivity index (χ1) is 14.2. The average molecular weight is 437 g/mol. The maximum atomic E-state index is 13.7. The SMILES string of the molecule is COc1ccc(F)cc1S(=O)(=O)N1CCC[C@@H](C(=O)Nc2cccc([N+](=O)[O-])c2)C1. The fourth-order valence-electron chi connectivity index (χ4n) is 3.31. The molecule has 2 aromatic carbocycles. The second kappa shape index (κ2) is 8.76. The molecule has 0 spiro atoms. The van der Waals surface area contributed by atoms with E-state index >= 15 is 0 Å². The predicted octanol–water partition coefficient (Wildman–Crippen LogP) is 2.78. The van der Waals surface area contributed by atoms with Crippen molar-refractivity contribution in [2.75, 3.05) is 25.5 Å². The highest BCUT2D eigenvalue weighted by Crippen LogP contribution is 2.31. The molecule has 30 heavy (non-hydrogen) atoms. The molecule has 1 fully saturated rings. The molecule has 1 saturated heterocycles. The zero-order valence-corrected chi connectivity index (χ0v) is 16.9. The molecule has 11 heteroatoms. The smallest absolute Gasteiger partial charge is 0.271 e. The van der Waals surface area contributed by atoms with Crippen LogP contribution in [0.3, 0.4) is 0 Å². The summed E-state index contributed by atoms with van der Waals surface area (Å²) >= 11 is 0. The highest BCUT2D eigenvalue weighted by atomic mass is 32.2. The van der Waals surface area contributed by atoms with E-state index in [1.165, 1.54) is 37.4 Å². The number of nitrogens with zero attached hydrogens (tertiary/aromatic N) is 2. The van der Waals surface area contributed by atoms with Crippen molar-refractivity contribution in [3.05, 3.63) is 58.4 Å². The Morgan fingerprint density at radius 2 is 2.07 bits per heavy atom. The molecule has 0 aliphatic carbocycles. The Bertz CT molecular complexity index is 1080. The number of halogens is 1. The lowest BCUT2D eigenvalue weighted by Gasteiger charge is -2.31. The summed E-state index contributed by atoms with van der Waals surface area (Å²) in [6.07, 6.45) is 0.886. The van der Waals surface area contributed by atoms with E-state index in [0.29, 0.717) is 12.8 Å². The van der Waals surface area contributed by atoms with E-state index in [9.17, 15) is 27.7 Å². The van der Waals surface area contributed by atoms with Gasteiger partial charge in [-0.1, -0.05) is 6.07 Å². The topological polar surface area (TPSA) is 119 Å². The molecule has 0 aromatic heterocycles. The van der Waals surface area contributed by atoms with Crippen molar-refractivity contribution < 1.29 is 27.3 Å². The molecule has 1 aliphatic rings. The Morgan fingerprint density at radius 1 is 1.30 bits per heavy atom. The van der Waals surface area contributed by atoms with Crippen molar-refractivity contribution in [2.45, 2.75) is 17.7 Å². The third kappa shape index (κ3) is 4.57. The van der Waals surface area contributed by atoms with Crippen LogP contribution in [0.15, 0.2) is 47.4 Å². The zero-order valence-electron chi connectivity index (χ0n) is 16.1. The number of nitro benzene ring substituents is 1. The molecule has 1 heterocycles. The van der Waals surface area contributed by atoms with Crippen LogP contribution in [0.1, 0.15) is 12.8 Å². The van der Waals surface area contributed by atoms with Crippen molar-refractivity contribution in [2.24, 2.45) is 5.92 Å². The summed E-state index contributed by atoms with van der Waals surface area (Å²) in [6, 6.07) is 8.72. The van der Waals surface area contributed by atoms with Gasteiger partial charge in [0, 0.05) is 30.9 Å². The molecule has 1 aliphatic heterocycles. The summed E-state index contributed by atoms with van der Waals surface area (Å²) in [5, 5.41) is 13.5. The average Bonchev–Trinajstić information content (AvgIpc) is 2.74. The minimum atomic E-state index is -4.09. The number of carbonyl (C=O) groups excluding carboxylic acids is 1. The van der Waals surface area contributed by atoms with Crippen LogP contribution in [-0.2, 0) is 14.8 Å². The fraction of sp³-hybridized carbons (Fsp3) is 0.316. The molecule has 1 atom stereocenters. The third-order valence-electron chi connectivity index (χ3n) is 4.82. The maximum Gasteiger partial charge on any atom is 0.271 e. The number of piperidine rings is 1. The number of hydrogen-bond donors (Lipinski definition) is 1. The Morgan fingerprint density at radius 3 is 2.77 bits per heavy atom. The van der Waals surface area contributed by atoms with Crippen LogP contribution in [0.4, 0.5) is 15.8 Å². The number of benzene rings is 2. The summed E-state index contributed by atoms with van der Waals surface area (Å²) in [5.74, 6) is -1.81. The lowest BCUT2D eigenvalue weighted by molar-refractivity contribution is -0.384. The number of carbonyl (C=O) groups is 1. The first-order valence-electron chi connectivity index (χ1n) is 9.11. The molecular weight excluding hydrogens is 417 g/mol. The predicted molar refractivity (Wildman–Crippen MR) is 106 cm³/mol.